The first-order valence-corrected chi connectivity index (χ1v) is 13.9. The Kier molecular flexibility index (Phi) is 8.68. The van der Waals surface area contributed by atoms with Gasteiger partial charge in [-0.15, -0.1) is 0 Å². The van der Waals surface area contributed by atoms with Crippen molar-refractivity contribution >= 4 is 38.7 Å². The lowest BCUT2D eigenvalue weighted by molar-refractivity contribution is -0.127. The maximum atomic E-state index is 13.3. The lowest BCUT2D eigenvalue weighted by atomic mass is 10.0. The van der Waals surface area contributed by atoms with E-state index < -0.39 is 39.2 Å². The van der Waals surface area contributed by atoms with E-state index in [-0.39, 0.29) is 6.61 Å². The van der Waals surface area contributed by atoms with Gasteiger partial charge in [0.1, 0.15) is 23.0 Å². The van der Waals surface area contributed by atoms with Crippen LogP contribution >= 0.6 is 0 Å². The SMILES string of the molecule is CC(C)(C)OC(=O)NC(C)(C)C(=O)N[C@H](COCc1ccccc1)c1nc2ccc(NS(C)(=O)=O)cc2[nH]1. The number of sulfonamides is 1. The van der Waals surface area contributed by atoms with Crippen LogP contribution in [0.15, 0.2) is 48.5 Å². The number of alkyl carbamates (subject to hydrolysis) is 1. The molecule has 0 aliphatic carbocycles. The maximum Gasteiger partial charge on any atom is 0.408 e. The molecule has 2 amide bonds. The summed E-state index contributed by atoms with van der Waals surface area (Å²) in [5.41, 5.74) is 0.460. The Morgan fingerprint density at radius 1 is 1.05 bits per heavy atom. The smallest absolute Gasteiger partial charge is 0.408 e. The normalized spacial score (nSPS) is 13.1. The van der Waals surface area contributed by atoms with Gasteiger partial charge in [-0.1, -0.05) is 30.3 Å². The number of hydrogen-bond donors (Lipinski definition) is 4. The van der Waals surface area contributed by atoms with Crippen LogP contribution in [0.1, 0.15) is 52.0 Å². The van der Waals surface area contributed by atoms with E-state index in [9.17, 15) is 18.0 Å². The van der Waals surface area contributed by atoms with E-state index in [1.54, 1.807) is 52.8 Å². The number of imidazole rings is 1. The number of amides is 2. The van der Waals surface area contributed by atoms with Gasteiger partial charge in [-0.05, 0) is 58.4 Å². The average molecular weight is 546 g/mol. The molecule has 0 fully saturated rings. The van der Waals surface area contributed by atoms with Crippen LogP contribution in [-0.2, 0) is 30.9 Å². The molecular formula is C26H35N5O6S. The predicted molar refractivity (Wildman–Crippen MR) is 145 cm³/mol. The quantitative estimate of drug-likeness (QED) is 0.304. The van der Waals surface area contributed by atoms with Gasteiger partial charge in [-0.2, -0.15) is 0 Å². The van der Waals surface area contributed by atoms with Crippen LogP contribution in [0, 0.1) is 0 Å². The number of H-pyrrole nitrogens is 1. The second-order valence-corrected chi connectivity index (χ2v) is 12.3. The van der Waals surface area contributed by atoms with Crippen LogP contribution in [0.5, 0.6) is 0 Å². The Balaban J connectivity index is 1.82. The zero-order valence-corrected chi connectivity index (χ0v) is 23.2. The number of nitrogens with one attached hydrogen (secondary N) is 4. The fraction of sp³-hybridized carbons (Fsp3) is 0.423. The monoisotopic (exact) mass is 545 g/mol. The van der Waals surface area contributed by atoms with Crippen LogP contribution in [-0.4, -0.2) is 54.4 Å². The van der Waals surface area contributed by atoms with Crippen molar-refractivity contribution in [3.63, 3.8) is 0 Å². The summed E-state index contributed by atoms with van der Waals surface area (Å²) in [6, 6.07) is 13.8. The highest BCUT2D eigenvalue weighted by Gasteiger charge is 2.34. The van der Waals surface area contributed by atoms with Crippen LogP contribution in [0.2, 0.25) is 0 Å². The summed E-state index contributed by atoms with van der Waals surface area (Å²) in [7, 11) is -3.45. The number of aromatic amines is 1. The second-order valence-electron chi connectivity index (χ2n) is 10.5. The van der Waals surface area contributed by atoms with Crippen molar-refractivity contribution in [2.75, 3.05) is 17.6 Å². The molecular weight excluding hydrogens is 510 g/mol. The number of carbonyl (C=O) groups is 2. The average Bonchev–Trinajstić information content (AvgIpc) is 3.19. The summed E-state index contributed by atoms with van der Waals surface area (Å²) < 4.78 is 36.9. The second kappa shape index (κ2) is 11.4. The third-order valence-corrected chi connectivity index (χ3v) is 5.82. The predicted octanol–water partition coefficient (Wildman–Crippen LogP) is 3.61. The van der Waals surface area contributed by atoms with Gasteiger partial charge in [-0.25, -0.2) is 18.2 Å². The first-order chi connectivity index (χ1) is 17.6. The van der Waals surface area contributed by atoms with Crippen molar-refractivity contribution in [2.45, 2.75) is 58.4 Å². The van der Waals surface area contributed by atoms with Gasteiger partial charge in [-0.3, -0.25) is 9.52 Å². The van der Waals surface area contributed by atoms with Crippen molar-refractivity contribution in [3.8, 4) is 0 Å². The van der Waals surface area contributed by atoms with Crippen molar-refractivity contribution in [2.24, 2.45) is 0 Å². The molecule has 0 bridgehead atoms. The number of nitrogens with zero attached hydrogens (tertiary/aromatic N) is 1. The molecule has 0 saturated heterocycles. The lowest BCUT2D eigenvalue weighted by Gasteiger charge is -2.29. The number of carbonyl (C=O) groups excluding carboxylic acids is 2. The molecule has 2 aromatic carbocycles. The summed E-state index contributed by atoms with van der Waals surface area (Å²) >= 11 is 0. The number of anilines is 1. The summed E-state index contributed by atoms with van der Waals surface area (Å²) in [5, 5.41) is 5.50. The summed E-state index contributed by atoms with van der Waals surface area (Å²) in [5.74, 6) is -0.0671. The zero-order chi connectivity index (χ0) is 28.1. The molecule has 0 aliphatic heterocycles. The van der Waals surface area contributed by atoms with Crippen LogP contribution in [0.3, 0.4) is 0 Å². The molecule has 1 atom stereocenters. The van der Waals surface area contributed by atoms with Crippen LogP contribution in [0.4, 0.5) is 10.5 Å². The third kappa shape index (κ3) is 8.73. The molecule has 4 N–H and O–H groups in total. The number of aromatic nitrogens is 2. The van der Waals surface area contributed by atoms with Gasteiger partial charge in [0.25, 0.3) is 0 Å². The number of benzene rings is 2. The van der Waals surface area contributed by atoms with Crippen LogP contribution < -0.4 is 15.4 Å². The van der Waals surface area contributed by atoms with Gasteiger partial charge in [0.15, 0.2) is 0 Å². The Morgan fingerprint density at radius 3 is 2.37 bits per heavy atom. The summed E-state index contributed by atoms with van der Waals surface area (Å²) in [6.07, 6.45) is 0.349. The van der Waals surface area contributed by atoms with E-state index in [0.717, 1.165) is 11.8 Å². The highest BCUT2D eigenvalue weighted by Crippen LogP contribution is 2.22. The van der Waals surface area contributed by atoms with E-state index in [2.05, 4.69) is 25.3 Å². The molecule has 0 radical (unpaired) electrons. The topological polar surface area (TPSA) is 152 Å². The maximum absolute atomic E-state index is 13.3. The van der Waals surface area contributed by atoms with Gasteiger partial charge >= 0.3 is 6.09 Å². The molecule has 206 valence electrons. The number of hydrogen-bond acceptors (Lipinski definition) is 7. The fourth-order valence-electron chi connectivity index (χ4n) is 3.48. The van der Waals surface area contributed by atoms with Crippen LogP contribution in [0.25, 0.3) is 11.0 Å². The van der Waals surface area contributed by atoms with Gasteiger partial charge in [0, 0.05) is 0 Å². The molecule has 0 spiro atoms. The Hall–Kier alpha value is -3.64. The largest absolute Gasteiger partial charge is 0.444 e. The summed E-state index contributed by atoms with van der Waals surface area (Å²) in [6.45, 7) is 8.73. The number of fused-ring (bicyclic) bond motifs is 1. The van der Waals surface area contributed by atoms with E-state index in [0.29, 0.717) is 29.2 Å². The number of rotatable bonds is 10. The van der Waals surface area contributed by atoms with E-state index in [4.69, 9.17) is 9.47 Å². The number of ether oxygens (including phenoxy) is 2. The Bertz CT molecular complexity index is 1380. The van der Waals surface area contributed by atoms with Crippen molar-refractivity contribution in [3.05, 3.63) is 59.9 Å². The fourth-order valence-corrected chi connectivity index (χ4v) is 4.04. The summed E-state index contributed by atoms with van der Waals surface area (Å²) in [4.78, 5) is 33.3. The first-order valence-electron chi connectivity index (χ1n) is 12.0. The minimum atomic E-state index is -3.45. The zero-order valence-electron chi connectivity index (χ0n) is 22.4. The molecule has 12 heteroatoms. The first kappa shape index (κ1) is 28.9. The van der Waals surface area contributed by atoms with Gasteiger partial charge < -0.3 is 25.1 Å². The highest BCUT2D eigenvalue weighted by atomic mass is 32.2. The van der Waals surface area contributed by atoms with Crippen molar-refractivity contribution < 1.29 is 27.5 Å². The molecule has 0 unspecified atom stereocenters. The molecule has 3 rings (SSSR count). The Morgan fingerprint density at radius 2 is 1.74 bits per heavy atom. The minimum absolute atomic E-state index is 0.0808. The van der Waals surface area contributed by atoms with Gasteiger partial charge in [0.05, 0.1) is 36.2 Å². The molecule has 1 heterocycles. The molecule has 3 aromatic rings. The standard InChI is InChI=1S/C26H35N5O6S/c1-25(2,3)37-24(33)30-26(4,5)23(32)29-21(16-36-15-17-10-8-7-9-11-17)22-27-19-13-12-18(14-20(19)28-22)31-38(6,34)35/h7-14,21,31H,15-16H2,1-6H3,(H,27,28)(H,29,32)(H,30,33)/t21-/m1/s1. The molecule has 1 aromatic heterocycles. The minimum Gasteiger partial charge on any atom is -0.444 e. The molecule has 11 nitrogen and oxygen atoms in total. The lowest BCUT2D eigenvalue weighted by Crippen LogP contribution is -2.56. The molecule has 0 saturated carbocycles. The van der Waals surface area contributed by atoms with Crippen molar-refractivity contribution in [1.82, 2.24) is 20.6 Å². The molecule has 38 heavy (non-hydrogen) atoms. The molecule has 0 aliphatic rings. The highest BCUT2D eigenvalue weighted by molar-refractivity contribution is 7.92. The Labute approximate surface area is 222 Å². The third-order valence-electron chi connectivity index (χ3n) is 5.22. The van der Waals surface area contributed by atoms with Crippen molar-refractivity contribution in [1.29, 1.82) is 0 Å². The van der Waals surface area contributed by atoms with E-state index in [1.807, 2.05) is 30.3 Å². The van der Waals surface area contributed by atoms with E-state index >= 15 is 0 Å². The van der Waals surface area contributed by atoms with Gasteiger partial charge in [0.2, 0.25) is 15.9 Å². The van der Waals surface area contributed by atoms with E-state index in [1.165, 1.54) is 0 Å².